The molecule has 0 bridgehead atoms. The van der Waals surface area contributed by atoms with Crippen molar-refractivity contribution in [3.63, 3.8) is 0 Å². The van der Waals surface area contributed by atoms with Gasteiger partial charge in [-0.2, -0.15) is 5.26 Å². The minimum atomic E-state index is 0.387. The largest absolute Gasteiger partial charge is 0.456 e. The molecule has 0 saturated carbocycles. The molecular formula is C16H17ClN2O. The van der Waals surface area contributed by atoms with Crippen molar-refractivity contribution in [2.75, 3.05) is 5.73 Å². The maximum atomic E-state index is 9.07. The number of rotatable bonds is 5. The normalized spacial score (nSPS) is 12.5. The summed E-state index contributed by atoms with van der Waals surface area (Å²) in [6.07, 6.45) is 8.15. The predicted molar refractivity (Wildman–Crippen MR) is 83.3 cm³/mol. The first kappa shape index (κ1) is 15.9. The molecule has 0 saturated heterocycles. The topological polar surface area (TPSA) is 59.0 Å². The number of halogens is 1. The Labute approximate surface area is 124 Å². The molecule has 0 atom stereocenters. The highest BCUT2D eigenvalue weighted by molar-refractivity contribution is 6.31. The van der Waals surface area contributed by atoms with Gasteiger partial charge in [0, 0.05) is 10.7 Å². The fraction of sp³-hybridized carbons (Fsp3) is 0.188. The Balaban J connectivity index is 2.96. The molecule has 4 heteroatoms. The molecule has 1 aromatic rings. The number of nitrogen functional groups attached to an aromatic ring is 1. The first-order valence-electron chi connectivity index (χ1n) is 6.28. The second kappa shape index (κ2) is 8.08. The van der Waals surface area contributed by atoms with E-state index in [1.807, 2.05) is 26.0 Å². The molecule has 20 heavy (non-hydrogen) atoms. The molecule has 0 spiro atoms. The number of allylic oxidation sites excluding steroid dienone is 5. The first-order chi connectivity index (χ1) is 9.60. The summed E-state index contributed by atoms with van der Waals surface area (Å²) in [5, 5.41) is 9.63. The minimum absolute atomic E-state index is 0.387. The average molecular weight is 289 g/mol. The summed E-state index contributed by atoms with van der Waals surface area (Å²) >= 11 is 6.07. The van der Waals surface area contributed by atoms with Crippen LogP contribution in [0.25, 0.3) is 0 Å². The molecule has 0 fully saturated rings. The lowest BCUT2D eigenvalue weighted by atomic mass is 10.2. The second-order valence-electron chi connectivity index (χ2n) is 4.00. The van der Waals surface area contributed by atoms with Crippen LogP contribution in [0.1, 0.15) is 25.8 Å². The smallest absolute Gasteiger partial charge is 0.145 e. The maximum Gasteiger partial charge on any atom is 0.145 e. The Morgan fingerprint density at radius 2 is 2.25 bits per heavy atom. The highest BCUT2D eigenvalue weighted by Gasteiger charge is 2.05. The Hall–Kier alpha value is -2.18. The molecule has 1 rings (SSSR count). The van der Waals surface area contributed by atoms with Gasteiger partial charge in [-0.1, -0.05) is 24.6 Å². The Kier molecular flexibility index (Phi) is 6.42. The van der Waals surface area contributed by atoms with E-state index in [2.05, 4.69) is 6.07 Å². The van der Waals surface area contributed by atoms with E-state index in [-0.39, 0.29) is 0 Å². The zero-order valence-corrected chi connectivity index (χ0v) is 12.3. The summed E-state index contributed by atoms with van der Waals surface area (Å²) in [4.78, 5) is 0. The van der Waals surface area contributed by atoms with Crippen molar-refractivity contribution < 1.29 is 4.74 Å². The van der Waals surface area contributed by atoms with Crippen LogP contribution in [0.3, 0.4) is 0 Å². The lowest BCUT2D eigenvalue weighted by Gasteiger charge is -2.08. The molecule has 0 aromatic heterocycles. The Bertz CT molecular complexity index is 595. The number of ether oxygens (including phenoxy) is 1. The summed E-state index contributed by atoms with van der Waals surface area (Å²) < 4.78 is 5.68. The Morgan fingerprint density at radius 3 is 2.85 bits per heavy atom. The maximum absolute atomic E-state index is 9.07. The van der Waals surface area contributed by atoms with E-state index >= 15 is 0 Å². The zero-order chi connectivity index (χ0) is 15.0. The number of nitrogens with two attached hydrogens (primary N) is 1. The van der Waals surface area contributed by atoms with E-state index < -0.39 is 0 Å². The van der Waals surface area contributed by atoms with Gasteiger partial charge in [0.1, 0.15) is 17.6 Å². The van der Waals surface area contributed by atoms with Crippen LogP contribution in [0.15, 0.2) is 53.3 Å². The van der Waals surface area contributed by atoms with Gasteiger partial charge in [0.15, 0.2) is 0 Å². The molecule has 0 heterocycles. The van der Waals surface area contributed by atoms with Crippen LogP contribution in [-0.2, 0) is 0 Å². The Morgan fingerprint density at radius 1 is 1.50 bits per heavy atom. The van der Waals surface area contributed by atoms with Gasteiger partial charge in [0.25, 0.3) is 0 Å². The van der Waals surface area contributed by atoms with Crippen LogP contribution >= 0.6 is 11.6 Å². The van der Waals surface area contributed by atoms with Gasteiger partial charge in [-0.15, -0.1) is 0 Å². The van der Waals surface area contributed by atoms with Crippen molar-refractivity contribution in [2.24, 2.45) is 0 Å². The van der Waals surface area contributed by atoms with E-state index in [1.54, 1.807) is 30.4 Å². The molecule has 0 unspecified atom stereocenters. The summed E-state index contributed by atoms with van der Waals surface area (Å²) in [6.45, 7) is 3.87. The standard InChI is InChI=1S/C16H17ClN2O/c1-3-5-6-13(17)10-15(4-2)20-16-8-7-14(19)9-12(16)11-18/h4-10H,3,19H2,1-2H3/b6-5+,13-10+,15-4+. The fourth-order valence-electron chi connectivity index (χ4n) is 1.44. The number of hydrogen-bond donors (Lipinski definition) is 1. The van der Waals surface area contributed by atoms with Gasteiger partial charge in [-0.05, 0) is 49.8 Å². The lowest BCUT2D eigenvalue weighted by molar-refractivity contribution is 0.442. The predicted octanol–water partition coefficient (Wildman–Crippen LogP) is 4.51. The van der Waals surface area contributed by atoms with Crippen LogP contribution in [-0.4, -0.2) is 0 Å². The second-order valence-corrected chi connectivity index (χ2v) is 4.44. The van der Waals surface area contributed by atoms with Gasteiger partial charge in [-0.25, -0.2) is 0 Å². The van der Waals surface area contributed by atoms with Gasteiger partial charge < -0.3 is 10.5 Å². The van der Waals surface area contributed by atoms with Crippen LogP contribution in [0.5, 0.6) is 5.75 Å². The molecule has 0 aliphatic carbocycles. The minimum Gasteiger partial charge on any atom is -0.456 e. The first-order valence-corrected chi connectivity index (χ1v) is 6.66. The van der Waals surface area contributed by atoms with Gasteiger partial charge in [-0.3, -0.25) is 0 Å². The van der Waals surface area contributed by atoms with Crippen molar-refractivity contribution in [3.8, 4) is 11.8 Å². The molecule has 104 valence electrons. The third-order valence-corrected chi connectivity index (χ3v) is 2.66. The highest BCUT2D eigenvalue weighted by atomic mass is 35.5. The monoisotopic (exact) mass is 288 g/mol. The van der Waals surface area contributed by atoms with Crippen molar-refractivity contribution in [3.05, 3.63) is 58.9 Å². The third-order valence-electron chi connectivity index (χ3n) is 2.43. The third kappa shape index (κ3) is 4.83. The van der Waals surface area contributed by atoms with Crippen LogP contribution in [0.2, 0.25) is 0 Å². The van der Waals surface area contributed by atoms with E-state index in [9.17, 15) is 0 Å². The molecule has 0 radical (unpaired) electrons. The van der Waals surface area contributed by atoms with Crippen LogP contribution in [0, 0.1) is 11.3 Å². The van der Waals surface area contributed by atoms with Crippen molar-refractivity contribution in [2.45, 2.75) is 20.3 Å². The summed E-state index contributed by atoms with van der Waals surface area (Å²) in [6, 6.07) is 6.98. The average Bonchev–Trinajstić information content (AvgIpc) is 2.45. The zero-order valence-electron chi connectivity index (χ0n) is 11.6. The number of anilines is 1. The number of nitriles is 1. The lowest BCUT2D eigenvalue weighted by Crippen LogP contribution is -1.96. The van der Waals surface area contributed by atoms with E-state index in [0.717, 1.165) is 6.42 Å². The molecule has 2 N–H and O–H groups in total. The molecular weight excluding hydrogens is 272 g/mol. The van der Waals surface area contributed by atoms with Gasteiger partial charge in [0.2, 0.25) is 0 Å². The highest BCUT2D eigenvalue weighted by Crippen LogP contribution is 2.23. The molecule has 1 aromatic carbocycles. The molecule has 0 amide bonds. The number of nitrogens with zero attached hydrogens (tertiary/aromatic N) is 1. The fourth-order valence-corrected chi connectivity index (χ4v) is 1.63. The van der Waals surface area contributed by atoms with Gasteiger partial charge in [0.05, 0.1) is 5.56 Å². The van der Waals surface area contributed by atoms with E-state index in [0.29, 0.717) is 27.8 Å². The molecule has 3 nitrogen and oxygen atoms in total. The van der Waals surface area contributed by atoms with Gasteiger partial charge >= 0.3 is 0 Å². The van der Waals surface area contributed by atoms with Crippen LogP contribution < -0.4 is 10.5 Å². The van der Waals surface area contributed by atoms with E-state index in [4.69, 9.17) is 27.3 Å². The molecule has 0 aliphatic rings. The van der Waals surface area contributed by atoms with Crippen molar-refractivity contribution >= 4 is 17.3 Å². The SMILES string of the molecule is C\C=C(/C=C(Cl)\C=C\CC)Oc1ccc(N)cc1C#N. The van der Waals surface area contributed by atoms with Crippen molar-refractivity contribution in [1.82, 2.24) is 0 Å². The summed E-state index contributed by atoms with van der Waals surface area (Å²) in [7, 11) is 0. The summed E-state index contributed by atoms with van der Waals surface area (Å²) in [5.74, 6) is 1.02. The number of benzene rings is 1. The van der Waals surface area contributed by atoms with Crippen molar-refractivity contribution in [1.29, 1.82) is 5.26 Å². The molecule has 0 aliphatic heterocycles. The van der Waals surface area contributed by atoms with Crippen LogP contribution in [0.4, 0.5) is 5.69 Å². The summed E-state index contributed by atoms with van der Waals surface area (Å²) in [5.41, 5.74) is 6.55. The quantitative estimate of drug-likeness (QED) is 0.492. The van der Waals surface area contributed by atoms with E-state index in [1.165, 1.54) is 0 Å². The number of hydrogen-bond acceptors (Lipinski definition) is 3.